The minimum atomic E-state index is -4.05. The summed E-state index contributed by atoms with van der Waals surface area (Å²) in [6.07, 6.45) is 1.37. The first-order valence-corrected chi connectivity index (χ1v) is 13.8. The fourth-order valence-corrected chi connectivity index (χ4v) is 5.85. The standard InChI is InChI=1S/C27H32N6O4S/c1-6-33-21-12-11-20(17(3)24(21)31-32-33)23(27(4,5)26(28)35)18-10-9-16(2)19(14-18)15-30-38(36,37)22-8-7-13-29-25(22)34/h7-14,23,30H,6,15H2,1-5H3,(H2,28,35)(H,29,34)/t23-/m0/s1. The SMILES string of the molecule is CCn1nnc2c(C)c([C@H](c3ccc(C)c(CNS(=O)(=O)c4ccc[nH]c4=O)c3)C(C)(C)C(N)=O)ccc21. The van der Waals surface area contributed by atoms with Crippen molar-refractivity contribution in [3.8, 4) is 0 Å². The van der Waals surface area contributed by atoms with Crippen molar-refractivity contribution in [3.63, 3.8) is 0 Å². The lowest BCUT2D eigenvalue weighted by molar-refractivity contribution is -0.126. The topological polar surface area (TPSA) is 153 Å². The van der Waals surface area contributed by atoms with E-state index in [-0.39, 0.29) is 11.4 Å². The molecule has 1 amide bonds. The van der Waals surface area contributed by atoms with Gasteiger partial charge in [0.2, 0.25) is 15.9 Å². The summed E-state index contributed by atoms with van der Waals surface area (Å²) in [4.78, 5) is 26.8. The Labute approximate surface area is 221 Å². The number of fused-ring (bicyclic) bond motifs is 1. The molecule has 0 saturated heterocycles. The lowest BCUT2D eigenvalue weighted by Crippen LogP contribution is -2.38. The Bertz CT molecular complexity index is 1690. The Morgan fingerprint density at radius 1 is 1.18 bits per heavy atom. The van der Waals surface area contributed by atoms with Crippen molar-refractivity contribution in [2.45, 2.75) is 58.5 Å². The van der Waals surface area contributed by atoms with Gasteiger partial charge in [-0.2, -0.15) is 0 Å². The monoisotopic (exact) mass is 536 g/mol. The Hall–Kier alpha value is -3.83. The van der Waals surface area contributed by atoms with Crippen molar-refractivity contribution in [1.82, 2.24) is 24.7 Å². The first-order valence-electron chi connectivity index (χ1n) is 12.3. The quantitative estimate of drug-likeness (QED) is 0.299. The van der Waals surface area contributed by atoms with Gasteiger partial charge in [0.25, 0.3) is 5.56 Å². The normalized spacial score (nSPS) is 13.1. The zero-order valence-electron chi connectivity index (χ0n) is 22.1. The fraction of sp³-hybridized carbons (Fsp3) is 0.333. The minimum absolute atomic E-state index is 0.0388. The third-order valence-electron chi connectivity index (χ3n) is 7.18. The van der Waals surface area contributed by atoms with Crippen LogP contribution in [0.4, 0.5) is 0 Å². The average molecular weight is 537 g/mol. The van der Waals surface area contributed by atoms with Crippen LogP contribution in [-0.2, 0) is 27.9 Å². The summed E-state index contributed by atoms with van der Waals surface area (Å²) in [5.74, 6) is -0.908. The largest absolute Gasteiger partial charge is 0.369 e. The molecule has 0 fully saturated rings. The first-order chi connectivity index (χ1) is 17.9. The van der Waals surface area contributed by atoms with Crippen LogP contribution in [0.25, 0.3) is 11.0 Å². The lowest BCUT2D eigenvalue weighted by Gasteiger charge is -2.34. The van der Waals surface area contributed by atoms with Crippen LogP contribution in [-0.4, -0.2) is 34.3 Å². The van der Waals surface area contributed by atoms with Gasteiger partial charge in [-0.1, -0.05) is 43.3 Å². The van der Waals surface area contributed by atoms with Gasteiger partial charge in [0.05, 0.1) is 10.9 Å². The summed E-state index contributed by atoms with van der Waals surface area (Å²) < 4.78 is 30.0. The number of H-pyrrole nitrogens is 1. The predicted octanol–water partition coefficient (Wildman–Crippen LogP) is 2.88. The smallest absolute Gasteiger partial charge is 0.268 e. The predicted molar refractivity (Wildman–Crippen MR) is 145 cm³/mol. The number of amides is 1. The molecule has 0 spiro atoms. The van der Waals surface area contributed by atoms with Crippen molar-refractivity contribution in [2.75, 3.05) is 0 Å². The van der Waals surface area contributed by atoms with Crippen LogP contribution in [0.5, 0.6) is 0 Å². The number of hydrogen-bond acceptors (Lipinski definition) is 6. The van der Waals surface area contributed by atoms with Crippen molar-refractivity contribution in [2.24, 2.45) is 11.1 Å². The molecule has 4 N–H and O–H groups in total. The van der Waals surface area contributed by atoms with Crippen LogP contribution in [0.1, 0.15) is 54.5 Å². The summed E-state index contributed by atoms with van der Waals surface area (Å²) in [6.45, 7) is 10.1. The Kier molecular flexibility index (Phi) is 7.26. The Balaban J connectivity index is 1.79. The van der Waals surface area contributed by atoms with Crippen molar-refractivity contribution in [1.29, 1.82) is 0 Å². The second kappa shape index (κ2) is 10.1. The van der Waals surface area contributed by atoms with Crippen LogP contribution in [0.3, 0.4) is 0 Å². The van der Waals surface area contributed by atoms with Gasteiger partial charge in [0, 0.05) is 25.2 Å². The maximum Gasteiger partial charge on any atom is 0.268 e. The Morgan fingerprint density at radius 2 is 1.92 bits per heavy atom. The number of pyridine rings is 1. The zero-order valence-corrected chi connectivity index (χ0v) is 22.9. The van der Waals surface area contributed by atoms with Crippen molar-refractivity contribution < 1.29 is 13.2 Å². The minimum Gasteiger partial charge on any atom is -0.369 e. The third kappa shape index (κ3) is 4.86. The highest BCUT2D eigenvalue weighted by molar-refractivity contribution is 7.89. The van der Waals surface area contributed by atoms with Crippen molar-refractivity contribution in [3.05, 3.63) is 86.8 Å². The number of nitrogens with zero attached hydrogens (tertiary/aromatic N) is 3. The second-order valence-electron chi connectivity index (χ2n) is 9.95. The number of carbonyl (C=O) groups excluding carboxylic acids is 1. The molecule has 200 valence electrons. The van der Waals surface area contributed by atoms with E-state index in [0.29, 0.717) is 12.1 Å². The molecule has 0 unspecified atom stereocenters. The molecular formula is C27H32N6O4S. The van der Waals surface area contributed by atoms with Gasteiger partial charge < -0.3 is 10.7 Å². The number of aromatic amines is 1. The number of aromatic nitrogens is 4. The maximum atomic E-state index is 12.8. The molecule has 2 heterocycles. The molecule has 4 aromatic rings. The highest BCUT2D eigenvalue weighted by atomic mass is 32.2. The summed E-state index contributed by atoms with van der Waals surface area (Å²) in [5, 5.41) is 8.60. The lowest BCUT2D eigenvalue weighted by atomic mass is 9.69. The highest BCUT2D eigenvalue weighted by Crippen LogP contribution is 2.43. The third-order valence-corrected chi connectivity index (χ3v) is 8.61. The molecule has 0 bridgehead atoms. The number of hydrogen-bond donors (Lipinski definition) is 3. The van der Waals surface area contributed by atoms with E-state index < -0.39 is 32.8 Å². The van der Waals surface area contributed by atoms with Gasteiger partial charge in [0.1, 0.15) is 10.4 Å². The van der Waals surface area contributed by atoms with Gasteiger partial charge in [0.15, 0.2) is 0 Å². The number of primary amides is 1. The molecule has 0 radical (unpaired) electrons. The van der Waals surface area contributed by atoms with E-state index in [1.165, 1.54) is 18.3 Å². The molecule has 10 nitrogen and oxygen atoms in total. The second-order valence-corrected chi connectivity index (χ2v) is 11.7. The molecule has 38 heavy (non-hydrogen) atoms. The molecule has 0 aliphatic carbocycles. The van der Waals surface area contributed by atoms with E-state index in [1.807, 2.05) is 55.8 Å². The molecule has 0 aliphatic rings. The van der Waals surface area contributed by atoms with Gasteiger partial charge in [-0.05, 0) is 66.8 Å². The fourth-order valence-electron chi connectivity index (χ4n) is 4.79. The van der Waals surface area contributed by atoms with Gasteiger partial charge in [-0.25, -0.2) is 17.8 Å². The maximum absolute atomic E-state index is 12.8. The van der Waals surface area contributed by atoms with E-state index in [1.54, 1.807) is 13.8 Å². The van der Waals surface area contributed by atoms with Gasteiger partial charge >= 0.3 is 0 Å². The van der Waals surface area contributed by atoms with Crippen LogP contribution in [0.15, 0.2) is 58.4 Å². The molecule has 0 saturated carbocycles. The molecule has 11 heteroatoms. The summed E-state index contributed by atoms with van der Waals surface area (Å²) in [7, 11) is -4.05. The highest BCUT2D eigenvalue weighted by Gasteiger charge is 2.39. The number of nitrogens with two attached hydrogens (primary N) is 1. The summed E-state index contributed by atoms with van der Waals surface area (Å²) in [6, 6.07) is 12.3. The zero-order chi connectivity index (χ0) is 27.8. The van der Waals surface area contributed by atoms with E-state index in [0.717, 1.165) is 33.3 Å². The van der Waals surface area contributed by atoms with Gasteiger partial charge in [-0.3, -0.25) is 9.59 Å². The molecule has 1 atom stereocenters. The molecular weight excluding hydrogens is 504 g/mol. The molecule has 0 aliphatic heterocycles. The van der Waals surface area contributed by atoms with Gasteiger partial charge in [-0.15, -0.1) is 5.10 Å². The van der Waals surface area contributed by atoms with Crippen LogP contribution in [0.2, 0.25) is 0 Å². The molecule has 2 aromatic heterocycles. The van der Waals surface area contributed by atoms with E-state index in [4.69, 9.17) is 5.73 Å². The van der Waals surface area contributed by atoms with Crippen LogP contribution < -0.4 is 16.0 Å². The van der Waals surface area contributed by atoms with E-state index in [9.17, 15) is 18.0 Å². The van der Waals surface area contributed by atoms with Crippen LogP contribution >= 0.6 is 0 Å². The first kappa shape index (κ1) is 27.2. The van der Waals surface area contributed by atoms with E-state index in [2.05, 4.69) is 20.0 Å². The van der Waals surface area contributed by atoms with Crippen LogP contribution in [0, 0.1) is 19.3 Å². The number of aryl methyl sites for hydroxylation is 3. The number of benzene rings is 2. The van der Waals surface area contributed by atoms with Crippen molar-refractivity contribution >= 4 is 27.0 Å². The molecule has 4 rings (SSSR count). The number of nitrogens with one attached hydrogen (secondary N) is 2. The average Bonchev–Trinajstić information content (AvgIpc) is 3.29. The van der Waals surface area contributed by atoms with E-state index >= 15 is 0 Å². The Morgan fingerprint density at radius 3 is 2.58 bits per heavy atom. The number of rotatable bonds is 9. The summed E-state index contributed by atoms with van der Waals surface area (Å²) >= 11 is 0. The molecule has 2 aromatic carbocycles. The number of carbonyl (C=O) groups is 1. The summed E-state index contributed by atoms with van der Waals surface area (Å²) in [5.41, 5.74) is 10.0. The number of sulfonamides is 1.